The maximum absolute atomic E-state index is 4.48. The molecule has 3 heterocycles. The number of fused-ring (bicyclic) bond motifs is 1. The molecular formula is C14H21N5. The van der Waals surface area contributed by atoms with Crippen LogP contribution in [0.3, 0.4) is 0 Å². The standard InChI is InChI=1S/C14H21N5/c1-3-18-7-6-12(10-18)8-15-14-16-13-5-4-11(2)9-19(13)17-14/h4-5,9,12H,3,6-8,10H2,1-2H3,(H,15,17). The van der Waals surface area contributed by atoms with Gasteiger partial charge in [-0.05, 0) is 44.0 Å². The van der Waals surface area contributed by atoms with Crippen LogP contribution in [0.4, 0.5) is 5.95 Å². The van der Waals surface area contributed by atoms with Gasteiger partial charge in [0.1, 0.15) is 0 Å². The van der Waals surface area contributed by atoms with Gasteiger partial charge in [0.15, 0.2) is 5.65 Å². The van der Waals surface area contributed by atoms with Crippen LogP contribution in [-0.2, 0) is 0 Å². The number of nitrogens with zero attached hydrogens (tertiary/aromatic N) is 4. The van der Waals surface area contributed by atoms with Crippen LogP contribution < -0.4 is 5.32 Å². The van der Waals surface area contributed by atoms with E-state index in [1.807, 2.05) is 16.8 Å². The van der Waals surface area contributed by atoms with E-state index in [-0.39, 0.29) is 0 Å². The summed E-state index contributed by atoms with van der Waals surface area (Å²) in [7, 11) is 0. The quantitative estimate of drug-likeness (QED) is 0.909. The third-order valence-corrected chi connectivity index (χ3v) is 3.84. The summed E-state index contributed by atoms with van der Waals surface area (Å²) in [6, 6.07) is 4.06. The van der Waals surface area contributed by atoms with E-state index in [1.165, 1.54) is 25.1 Å². The minimum Gasteiger partial charge on any atom is -0.353 e. The minimum absolute atomic E-state index is 0.716. The van der Waals surface area contributed by atoms with Crippen LogP contribution >= 0.6 is 0 Å². The van der Waals surface area contributed by atoms with Crippen LogP contribution in [0.25, 0.3) is 5.65 Å². The molecule has 5 nitrogen and oxygen atoms in total. The molecule has 1 fully saturated rings. The lowest BCUT2D eigenvalue weighted by Gasteiger charge is -2.12. The largest absolute Gasteiger partial charge is 0.353 e. The molecule has 0 saturated carbocycles. The average Bonchev–Trinajstić information content (AvgIpc) is 3.01. The third kappa shape index (κ3) is 2.71. The molecule has 0 amide bonds. The lowest BCUT2D eigenvalue weighted by atomic mass is 10.1. The molecule has 0 aliphatic carbocycles. The Morgan fingerprint density at radius 1 is 1.42 bits per heavy atom. The second-order valence-corrected chi connectivity index (χ2v) is 5.37. The number of hydrogen-bond acceptors (Lipinski definition) is 4. The Morgan fingerprint density at radius 3 is 3.11 bits per heavy atom. The van der Waals surface area contributed by atoms with Gasteiger partial charge in [0.25, 0.3) is 0 Å². The van der Waals surface area contributed by atoms with Gasteiger partial charge in [-0.3, -0.25) is 0 Å². The molecule has 1 N–H and O–H groups in total. The van der Waals surface area contributed by atoms with Gasteiger partial charge in [-0.1, -0.05) is 13.0 Å². The predicted octanol–water partition coefficient (Wildman–Crippen LogP) is 1.79. The number of anilines is 1. The Labute approximate surface area is 113 Å². The zero-order valence-corrected chi connectivity index (χ0v) is 11.6. The molecule has 5 heteroatoms. The third-order valence-electron chi connectivity index (χ3n) is 3.84. The van der Waals surface area contributed by atoms with Crippen molar-refractivity contribution >= 4 is 11.6 Å². The molecule has 19 heavy (non-hydrogen) atoms. The molecule has 102 valence electrons. The van der Waals surface area contributed by atoms with E-state index in [1.54, 1.807) is 0 Å². The highest BCUT2D eigenvalue weighted by atomic mass is 15.3. The van der Waals surface area contributed by atoms with Gasteiger partial charge in [0.05, 0.1) is 0 Å². The zero-order chi connectivity index (χ0) is 13.2. The van der Waals surface area contributed by atoms with Crippen molar-refractivity contribution in [2.24, 2.45) is 5.92 Å². The second-order valence-electron chi connectivity index (χ2n) is 5.37. The number of likely N-dealkylation sites (tertiary alicyclic amines) is 1. The lowest BCUT2D eigenvalue weighted by molar-refractivity contribution is 0.345. The molecule has 0 bridgehead atoms. The fraction of sp³-hybridized carbons (Fsp3) is 0.571. The smallest absolute Gasteiger partial charge is 0.243 e. The Bertz CT molecular complexity index is 562. The molecule has 2 aromatic heterocycles. The SMILES string of the molecule is CCN1CCC(CNc2nc3ccc(C)cn3n2)C1. The van der Waals surface area contributed by atoms with Crippen LogP contribution in [0.15, 0.2) is 18.3 Å². The first kappa shape index (κ1) is 12.4. The number of aryl methyl sites for hydroxylation is 1. The van der Waals surface area contributed by atoms with Gasteiger partial charge in [0.2, 0.25) is 5.95 Å². The van der Waals surface area contributed by atoms with E-state index in [2.05, 4.69) is 40.2 Å². The summed E-state index contributed by atoms with van der Waals surface area (Å²) in [5.41, 5.74) is 2.09. The molecule has 1 aliphatic rings. The summed E-state index contributed by atoms with van der Waals surface area (Å²) in [4.78, 5) is 6.97. The van der Waals surface area contributed by atoms with Crippen molar-refractivity contribution in [1.82, 2.24) is 19.5 Å². The number of hydrogen-bond donors (Lipinski definition) is 1. The Balaban J connectivity index is 1.62. The molecule has 2 aromatic rings. The summed E-state index contributed by atoms with van der Waals surface area (Å²) in [5, 5.41) is 7.82. The van der Waals surface area contributed by atoms with Crippen molar-refractivity contribution < 1.29 is 0 Å². The Hall–Kier alpha value is -1.62. The van der Waals surface area contributed by atoms with Crippen molar-refractivity contribution in [1.29, 1.82) is 0 Å². The molecular weight excluding hydrogens is 238 g/mol. The normalized spacial score (nSPS) is 20.2. The van der Waals surface area contributed by atoms with Crippen molar-refractivity contribution in [2.45, 2.75) is 20.3 Å². The molecule has 0 radical (unpaired) electrons. The van der Waals surface area contributed by atoms with Crippen LogP contribution in [0, 0.1) is 12.8 Å². The number of pyridine rings is 1. The van der Waals surface area contributed by atoms with Crippen LogP contribution in [0.5, 0.6) is 0 Å². The van der Waals surface area contributed by atoms with Crippen LogP contribution in [-0.4, -0.2) is 45.7 Å². The van der Waals surface area contributed by atoms with E-state index in [9.17, 15) is 0 Å². The van der Waals surface area contributed by atoms with E-state index in [0.717, 1.165) is 24.7 Å². The van der Waals surface area contributed by atoms with E-state index >= 15 is 0 Å². The fourth-order valence-corrected chi connectivity index (χ4v) is 2.66. The summed E-state index contributed by atoms with van der Waals surface area (Å²) >= 11 is 0. The van der Waals surface area contributed by atoms with E-state index < -0.39 is 0 Å². The summed E-state index contributed by atoms with van der Waals surface area (Å²) < 4.78 is 1.84. The zero-order valence-electron chi connectivity index (χ0n) is 11.6. The minimum atomic E-state index is 0.716. The highest BCUT2D eigenvalue weighted by Crippen LogP contribution is 2.16. The van der Waals surface area contributed by atoms with Gasteiger partial charge >= 0.3 is 0 Å². The van der Waals surface area contributed by atoms with Gasteiger partial charge < -0.3 is 10.2 Å². The highest BCUT2D eigenvalue weighted by Gasteiger charge is 2.21. The molecule has 1 saturated heterocycles. The van der Waals surface area contributed by atoms with Crippen molar-refractivity contribution in [3.05, 3.63) is 23.9 Å². The monoisotopic (exact) mass is 259 g/mol. The molecule has 1 aliphatic heterocycles. The molecule has 1 atom stereocenters. The second kappa shape index (κ2) is 5.17. The van der Waals surface area contributed by atoms with Crippen molar-refractivity contribution in [3.63, 3.8) is 0 Å². The number of nitrogens with one attached hydrogen (secondary N) is 1. The summed E-state index contributed by atoms with van der Waals surface area (Å²) in [5.74, 6) is 1.45. The first-order chi connectivity index (χ1) is 9.24. The summed E-state index contributed by atoms with van der Waals surface area (Å²) in [6.45, 7) is 8.82. The first-order valence-electron chi connectivity index (χ1n) is 7.04. The average molecular weight is 259 g/mol. The lowest BCUT2D eigenvalue weighted by Crippen LogP contribution is -2.22. The maximum atomic E-state index is 4.48. The molecule has 3 rings (SSSR count). The van der Waals surface area contributed by atoms with E-state index in [0.29, 0.717) is 5.92 Å². The Kier molecular flexibility index (Phi) is 3.38. The highest BCUT2D eigenvalue weighted by molar-refractivity contribution is 5.44. The number of aromatic nitrogens is 3. The maximum Gasteiger partial charge on any atom is 0.243 e. The van der Waals surface area contributed by atoms with Crippen LogP contribution in [0.2, 0.25) is 0 Å². The predicted molar refractivity (Wildman–Crippen MR) is 76.4 cm³/mol. The van der Waals surface area contributed by atoms with Gasteiger partial charge in [0, 0.05) is 19.3 Å². The van der Waals surface area contributed by atoms with Gasteiger partial charge in [-0.25, -0.2) is 4.52 Å². The van der Waals surface area contributed by atoms with Gasteiger partial charge in [-0.2, -0.15) is 4.98 Å². The molecule has 0 spiro atoms. The molecule has 0 aromatic carbocycles. The van der Waals surface area contributed by atoms with E-state index in [4.69, 9.17) is 0 Å². The van der Waals surface area contributed by atoms with Gasteiger partial charge in [-0.15, -0.1) is 5.10 Å². The number of rotatable bonds is 4. The van der Waals surface area contributed by atoms with Crippen LogP contribution in [0.1, 0.15) is 18.9 Å². The first-order valence-corrected chi connectivity index (χ1v) is 7.04. The van der Waals surface area contributed by atoms with Crippen molar-refractivity contribution in [3.8, 4) is 0 Å². The fourth-order valence-electron chi connectivity index (χ4n) is 2.66. The molecule has 1 unspecified atom stereocenters. The Morgan fingerprint density at radius 2 is 2.32 bits per heavy atom. The van der Waals surface area contributed by atoms with Crippen molar-refractivity contribution in [2.75, 3.05) is 31.5 Å². The topological polar surface area (TPSA) is 45.5 Å². The summed E-state index contributed by atoms with van der Waals surface area (Å²) in [6.07, 6.45) is 3.27.